The average Bonchev–Trinajstić information content (AvgIpc) is 3.64. The molecule has 2 aliphatic carbocycles. The van der Waals surface area contributed by atoms with E-state index in [4.69, 9.17) is 0 Å². The topological polar surface area (TPSA) is 72.7 Å². The van der Waals surface area contributed by atoms with Crippen LogP contribution in [0.4, 0.5) is 26.3 Å². The highest BCUT2D eigenvalue weighted by atomic mass is 19.3. The van der Waals surface area contributed by atoms with E-state index in [0.29, 0.717) is 15.9 Å². The lowest BCUT2D eigenvalue weighted by atomic mass is 9.94. The van der Waals surface area contributed by atoms with Crippen molar-refractivity contribution in [1.29, 1.82) is 0 Å². The number of hydrogen-bond acceptors (Lipinski definition) is 4. The van der Waals surface area contributed by atoms with Crippen molar-refractivity contribution >= 4 is 16.8 Å². The van der Waals surface area contributed by atoms with Gasteiger partial charge in [0.25, 0.3) is 12.3 Å². The number of nitrogens with zero attached hydrogens (tertiary/aromatic N) is 4. The van der Waals surface area contributed by atoms with Crippen LogP contribution in [0.25, 0.3) is 22.0 Å². The molecule has 0 aliphatic heterocycles. The summed E-state index contributed by atoms with van der Waals surface area (Å²) in [5, 5.41) is 7.34. The van der Waals surface area contributed by atoms with Gasteiger partial charge in [0.15, 0.2) is 0 Å². The van der Waals surface area contributed by atoms with Gasteiger partial charge in [0.1, 0.15) is 29.6 Å². The summed E-state index contributed by atoms with van der Waals surface area (Å²) >= 11 is 0. The summed E-state index contributed by atoms with van der Waals surface area (Å²) < 4.78 is 86.8. The summed E-state index contributed by atoms with van der Waals surface area (Å²) in [5.41, 5.74) is 1.94. The number of rotatable bonds is 8. The summed E-state index contributed by atoms with van der Waals surface area (Å²) in [7, 11) is 0. The van der Waals surface area contributed by atoms with E-state index in [-0.39, 0.29) is 24.0 Å². The Balaban J connectivity index is 1.25. The molecule has 2 aliphatic rings. The fourth-order valence-corrected chi connectivity index (χ4v) is 6.47. The van der Waals surface area contributed by atoms with Crippen LogP contribution in [-0.4, -0.2) is 25.7 Å². The minimum Gasteiger partial charge on any atom is -0.346 e. The maximum Gasteiger partial charge on any atom is 0.293 e. The number of fused-ring (bicyclic) bond motifs is 4. The second kappa shape index (κ2) is 10.7. The van der Waals surface area contributed by atoms with Crippen LogP contribution in [0.2, 0.25) is 0 Å². The molecule has 230 valence electrons. The third kappa shape index (κ3) is 5.21. The van der Waals surface area contributed by atoms with Crippen molar-refractivity contribution in [3.05, 3.63) is 112 Å². The number of nitrogens with one attached hydrogen (secondary N) is 1. The van der Waals surface area contributed by atoms with Crippen LogP contribution < -0.4 is 5.32 Å². The number of pyridine rings is 2. The fourth-order valence-electron chi connectivity index (χ4n) is 6.47. The van der Waals surface area contributed by atoms with Crippen LogP contribution in [0.15, 0.2) is 66.9 Å². The Bertz CT molecular complexity index is 1950. The first-order valence-corrected chi connectivity index (χ1v) is 14.3. The number of carbonyl (C=O) groups is 1. The molecule has 0 radical (unpaired) electrons. The molecule has 12 heteroatoms. The van der Waals surface area contributed by atoms with Crippen LogP contribution in [-0.2, 0) is 23.7 Å². The maximum absolute atomic E-state index is 15.1. The molecule has 1 N–H and O–H groups in total. The first kappa shape index (κ1) is 29.0. The first-order valence-electron chi connectivity index (χ1n) is 14.3. The van der Waals surface area contributed by atoms with Crippen molar-refractivity contribution < 1.29 is 31.1 Å². The smallest absolute Gasteiger partial charge is 0.293 e. The van der Waals surface area contributed by atoms with Gasteiger partial charge in [0.05, 0.1) is 17.3 Å². The molecule has 2 unspecified atom stereocenters. The normalized spacial score (nSPS) is 18.6. The third-order valence-electron chi connectivity index (χ3n) is 8.47. The van der Waals surface area contributed by atoms with Crippen molar-refractivity contribution in [1.82, 2.24) is 25.1 Å². The van der Waals surface area contributed by atoms with Gasteiger partial charge in [-0.1, -0.05) is 18.2 Å². The van der Waals surface area contributed by atoms with E-state index in [1.54, 1.807) is 12.1 Å². The predicted octanol–water partition coefficient (Wildman–Crippen LogP) is 7.33. The molecule has 1 amide bonds. The van der Waals surface area contributed by atoms with Gasteiger partial charge in [-0.2, -0.15) is 13.9 Å². The predicted molar refractivity (Wildman–Crippen MR) is 153 cm³/mol. The molecule has 0 bridgehead atoms. The Morgan fingerprint density at radius 1 is 1.04 bits per heavy atom. The number of carbonyl (C=O) groups excluding carboxylic acids is 1. The largest absolute Gasteiger partial charge is 0.346 e. The summed E-state index contributed by atoms with van der Waals surface area (Å²) in [6.07, 6.45) is -1.60. The lowest BCUT2D eigenvalue weighted by Crippen LogP contribution is -2.35. The van der Waals surface area contributed by atoms with Crippen molar-refractivity contribution in [3.63, 3.8) is 0 Å². The molecule has 0 spiro atoms. The zero-order valence-electron chi connectivity index (χ0n) is 23.7. The quantitative estimate of drug-likeness (QED) is 0.184. The summed E-state index contributed by atoms with van der Waals surface area (Å²) in [6, 6.07) is 14.8. The van der Waals surface area contributed by atoms with Gasteiger partial charge < -0.3 is 5.32 Å². The van der Waals surface area contributed by atoms with Crippen LogP contribution in [0.5, 0.6) is 0 Å². The lowest BCUT2D eigenvalue weighted by Gasteiger charge is -2.22. The van der Waals surface area contributed by atoms with Gasteiger partial charge in [-0.05, 0) is 73.2 Å². The monoisotopic (exact) mass is 621 g/mol. The molecule has 1 fully saturated rings. The number of aryl methyl sites for hydroxylation is 1. The van der Waals surface area contributed by atoms with E-state index >= 15 is 8.78 Å². The van der Waals surface area contributed by atoms with Crippen LogP contribution in [0.3, 0.4) is 0 Å². The third-order valence-corrected chi connectivity index (χ3v) is 8.47. The molecule has 6 nitrogen and oxygen atoms in total. The van der Waals surface area contributed by atoms with Crippen LogP contribution in [0.1, 0.15) is 58.7 Å². The summed E-state index contributed by atoms with van der Waals surface area (Å²) in [5.74, 6) is -7.62. The Morgan fingerprint density at radius 3 is 2.58 bits per heavy atom. The molecule has 2 aromatic carbocycles. The van der Waals surface area contributed by atoms with Gasteiger partial charge >= 0.3 is 0 Å². The Labute approximate surface area is 253 Å². The fraction of sp³-hybridized carbons (Fsp3) is 0.273. The second-order valence-corrected chi connectivity index (χ2v) is 11.6. The van der Waals surface area contributed by atoms with Crippen molar-refractivity contribution in [2.75, 3.05) is 0 Å². The molecule has 5 aromatic rings. The second-order valence-electron chi connectivity index (χ2n) is 11.6. The summed E-state index contributed by atoms with van der Waals surface area (Å²) in [4.78, 5) is 22.5. The summed E-state index contributed by atoms with van der Waals surface area (Å²) in [6.45, 7) is 1.12. The van der Waals surface area contributed by atoms with E-state index in [0.717, 1.165) is 40.4 Å². The Morgan fingerprint density at radius 2 is 1.82 bits per heavy atom. The maximum atomic E-state index is 15.1. The number of hydrogen-bond donors (Lipinski definition) is 1. The standard InChI is InChI=1S/C33H25F6N5O/c1-16-4-5-19-12-18(6-7-25(19)41-16)22-3-2-8-40-29(22)26(11-17-9-20(34)13-21(35)10-17)42-27(45)15-44-31-28(30(43-44)32(36)37)23-14-24(23)33(31,38)39/h2-10,12-13,23-24,26,32H,11,14-15H2,1H3,(H,42,45)/t23?,24?,26-/m0/s1. The average molecular weight is 622 g/mol. The molecule has 45 heavy (non-hydrogen) atoms. The van der Waals surface area contributed by atoms with Crippen LogP contribution in [0, 0.1) is 24.5 Å². The van der Waals surface area contributed by atoms with Gasteiger partial charge in [-0.25, -0.2) is 17.6 Å². The zero-order valence-corrected chi connectivity index (χ0v) is 23.7. The van der Waals surface area contributed by atoms with E-state index in [1.165, 1.54) is 6.20 Å². The Hall–Kier alpha value is -4.74. The van der Waals surface area contributed by atoms with E-state index in [2.05, 4.69) is 20.4 Å². The molecule has 3 atom stereocenters. The number of alkyl halides is 4. The highest BCUT2D eigenvalue weighted by Crippen LogP contribution is 2.68. The van der Waals surface area contributed by atoms with Gasteiger partial charge in [-0.15, -0.1) is 0 Å². The van der Waals surface area contributed by atoms with E-state index < -0.39 is 65.7 Å². The molecular weight excluding hydrogens is 596 g/mol. The first-order chi connectivity index (χ1) is 21.5. The lowest BCUT2D eigenvalue weighted by molar-refractivity contribution is -0.123. The highest BCUT2D eigenvalue weighted by molar-refractivity contribution is 5.85. The molecule has 0 saturated heterocycles. The number of benzene rings is 2. The SMILES string of the molecule is Cc1ccc2cc(-c3cccnc3[C@H](Cc3cc(F)cc(F)c3)NC(=O)Cn3nc(C(F)F)c4c3C(F)(F)C3CC43)ccc2n1. The number of halogens is 6. The molecule has 3 heterocycles. The zero-order chi connectivity index (χ0) is 31.6. The van der Waals surface area contributed by atoms with Gasteiger partial charge in [0.2, 0.25) is 5.91 Å². The molecule has 1 saturated carbocycles. The Kier molecular flexibility index (Phi) is 6.90. The minimum atomic E-state index is -3.39. The minimum absolute atomic E-state index is 0.0940. The molecule has 3 aromatic heterocycles. The van der Waals surface area contributed by atoms with E-state index in [9.17, 15) is 22.4 Å². The van der Waals surface area contributed by atoms with Crippen LogP contribution >= 0.6 is 0 Å². The van der Waals surface area contributed by atoms with Gasteiger partial charge in [0, 0.05) is 40.4 Å². The highest BCUT2D eigenvalue weighted by Gasteiger charge is 2.67. The van der Waals surface area contributed by atoms with E-state index in [1.807, 2.05) is 37.3 Å². The number of aromatic nitrogens is 4. The van der Waals surface area contributed by atoms with Gasteiger partial charge in [-0.3, -0.25) is 19.4 Å². The molecular formula is C33H25F6N5O. The number of amides is 1. The van der Waals surface area contributed by atoms with Crippen molar-refractivity contribution in [2.45, 2.75) is 50.6 Å². The molecule has 7 rings (SSSR count). The van der Waals surface area contributed by atoms with Crippen molar-refractivity contribution in [2.24, 2.45) is 5.92 Å². The van der Waals surface area contributed by atoms with Crippen molar-refractivity contribution in [3.8, 4) is 11.1 Å².